The maximum absolute atomic E-state index is 8.79. The summed E-state index contributed by atoms with van der Waals surface area (Å²) in [5, 5.41) is 8.79. The number of aromatic amines is 1. The lowest BCUT2D eigenvalue weighted by molar-refractivity contribution is 0.492. The van der Waals surface area contributed by atoms with Crippen molar-refractivity contribution >= 4 is 21.7 Å². The lowest BCUT2D eigenvalue weighted by atomic mass is 9.92. The van der Waals surface area contributed by atoms with Gasteiger partial charge in [-0.2, -0.15) is 5.26 Å². The van der Waals surface area contributed by atoms with Crippen LogP contribution in [0.25, 0.3) is 0 Å². The normalized spacial score (nSPS) is 15.8. The Balaban J connectivity index is 1.73. The molecule has 0 aliphatic carbocycles. The number of halogens is 1. The van der Waals surface area contributed by atoms with E-state index in [2.05, 4.69) is 53.8 Å². The second-order valence-corrected chi connectivity index (χ2v) is 6.32. The van der Waals surface area contributed by atoms with E-state index >= 15 is 0 Å². The standard InChI is InChI=1S/C15H17BrN6/c1-10-14(20-9-19-10)11-3-6-22(7-4-11)15-12(16)8-18-13(21-15)2-5-17/h8-9,11H,2-4,6-7H2,1H3,(H,19,20). The topological polar surface area (TPSA) is 81.5 Å². The van der Waals surface area contributed by atoms with Crippen LogP contribution in [0.15, 0.2) is 17.0 Å². The molecule has 0 atom stereocenters. The third-order valence-electron chi connectivity index (χ3n) is 4.06. The van der Waals surface area contributed by atoms with Crippen molar-refractivity contribution in [3.05, 3.63) is 34.2 Å². The molecule has 1 aliphatic heterocycles. The van der Waals surface area contributed by atoms with Gasteiger partial charge in [0.15, 0.2) is 0 Å². The lowest BCUT2D eigenvalue weighted by Gasteiger charge is -2.33. The fourth-order valence-corrected chi connectivity index (χ4v) is 3.36. The van der Waals surface area contributed by atoms with E-state index < -0.39 is 0 Å². The molecular formula is C15H17BrN6. The molecule has 6 nitrogen and oxygen atoms in total. The van der Waals surface area contributed by atoms with Crippen LogP contribution in [0.3, 0.4) is 0 Å². The van der Waals surface area contributed by atoms with Gasteiger partial charge in [0.25, 0.3) is 0 Å². The maximum atomic E-state index is 8.79. The number of piperidine rings is 1. The first-order chi connectivity index (χ1) is 10.7. The van der Waals surface area contributed by atoms with Gasteiger partial charge in [-0.25, -0.2) is 15.0 Å². The molecular weight excluding hydrogens is 344 g/mol. The number of rotatable bonds is 3. The van der Waals surface area contributed by atoms with Gasteiger partial charge >= 0.3 is 0 Å². The molecule has 2 aromatic heterocycles. The first-order valence-electron chi connectivity index (χ1n) is 7.32. The minimum atomic E-state index is 0.239. The van der Waals surface area contributed by atoms with E-state index in [1.807, 2.05) is 0 Å². The van der Waals surface area contributed by atoms with E-state index in [9.17, 15) is 0 Å². The predicted octanol–water partition coefficient (Wildman–Crippen LogP) is 2.72. The summed E-state index contributed by atoms with van der Waals surface area (Å²) in [7, 11) is 0. The van der Waals surface area contributed by atoms with Crippen molar-refractivity contribution in [2.45, 2.75) is 32.1 Å². The molecule has 3 rings (SSSR count). The molecule has 7 heteroatoms. The van der Waals surface area contributed by atoms with Gasteiger partial charge in [-0.3, -0.25) is 0 Å². The number of hydrogen-bond donors (Lipinski definition) is 1. The molecule has 0 spiro atoms. The summed E-state index contributed by atoms with van der Waals surface area (Å²) in [5.74, 6) is 1.96. The highest BCUT2D eigenvalue weighted by molar-refractivity contribution is 9.10. The van der Waals surface area contributed by atoms with Crippen molar-refractivity contribution in [1.82, 2.24) is 19.9 Å². The molecule has 3 heterocycles. The predicted molar refractivity (Wildman–Crippen MR) is 86.6 cm³/mol. The molecule has 1 saturated heterocycles. The zero-order chi connectivity index (χ0) is 15.5. The molecule has 0 saturated carbocycles. The van der Waals surface area contributed by atoms with Crippen LogP contribution in [0.5, 0.6) is 0 Å². The first-order valence-corrected chi connectivity index (χ1v) is 8.11. The molecule has 0 bridgehead atoms. The van der Waals surface area contributed by atoms with Crippen LogP contribution < -0.4 is 4.90 Å². The monoisotopic (exact) mass is 360 g/mol. The van der Waals surface area contributed by atoms with Crippen LogP contribution in [0.4, 0.5) is 5.82 Å². The Morgan fingerprint density at radius 3 is 2.82 bits per heavy atom. The SMILES string of the molecule is Cc1[nH]cnc1C1CCN(c2nc(CC#N)ncc2Br)CC1. The molecule has 0 aromatic carbocycles. The van der Waals surface area contributed by atoms with E-state index in [4.69, 9.17) is 5.26 Å². The Labute approximate surface area is 137 Å². The van der Waals surface area contributed by atoms with Crippen molar-refractivity contribution in [2.24, 2.45) is 0 Å². The highest BCUT2D eigenvalue weighted by Gasteiger charge is 2.25. The lowest BCUT2D eigenvalue weighted by Crippen LogP contribution is -2.34. The zero-order valence-corrected chi connectivity index (χ0v) is 14.0. The van der Waals surface area contributed by atoms with E-state index in [1.54, 1.807) is 12.5 Å². The minimum absolute atomic E-state index is 0.239. The number of hydrogen-bond acceptors (Lipinski definition) is 5. The number of imidazole rings is 1. The van der Waals surface area contributed by atoms with Crippen molar-refractivity contribution in [2.75, 3.05) is 18.0 Å². The molecule has 22 heavy (non-hydrogen) atoms. The number of H-pyrrole nitrogens is 1. The Morgan fingerprint density at radius 2 is 2.18 bits per heavy atom. The van der Waals surface area contributed by atoms with Crippen LogP contribution in [-0.2, 0) is 6.42 Å². The van der Waals surface area contributed by atoms with E-state index in [0.717, 1.165) is 41.9 Å². The van der Waals surface area contributed by atoms with E-state index in [1.165, 1.54) is 5.69 Å². The molecule has 114 valence electrons. The molecule has 0 unspecified atom stereocenters. The van der Waals surface area contributed by atoms with Gasteiger partial charge in [-0.15, -0.1) is 0 Å². The summed E-state index contributed by atoms with van der Waals surface area (Å²) in [5.41, 5.74) is 2.35. The van der Waals surface area contributed by atoms with Crippen LogP contribution >= 0.6 is 15.9 Å². The Bertz CT molecular complexity index is 696. The molecule has 1 aliphatic rings. The summed E-state index contributed by atoms with van der Waals surface area (Å²) >= 11 is 3.52. The number of aryl methyl sites for hydroxylation is 1. The largest absolute Gasteiger partial charge is 0.356 e. The second-order valence-electron chi connectivity index (χ2n) is 5.47. The summed E-state index contributed by atoms with van der Waals surface area (Å²) in [6.45, 7) is 3.93. The third-order valence-corrected chi connectivity index (χ3v) is 4.62. The van der Waals surface area contributed by atoms with Crippen LogP contribution in [-0.4, -0.2) is 33.0 Å². The average Bonchev–Trinajstić information content (AvgIpc) is 2.96. The highest BCUT2D eigenvalue weighted by Crippen LogP contribution is 2.32. The van der Waals surface area contributed by atoms with Gasteiger partial charge < -0.3 is 9.88 Å². The van der Waals surface area contributed by atoms with Crippen LogP contribution in [0, 0.1) is 18.3 Å². The Morgan fingerprint density at radius 1 is 1.41 bits per heavy atom. The first kappa shape index (κ1) is 15.0. The number of anilines is 1. The fourth-order valence-electron chi connectivity index (χ4n) is 2.92. The summed E-state index contributed by atoms with van der Waals surface area (Å²) in [4.78, 5) is 18.5. The van der Waals surface area contributed by atoms with Crippen LogP contribution in [0.1, 0.15) is 36.0 Å². The Kier molecular flexibility index (Phi) is 4.39. The highest BCUT2D eigenvalue weighted by atomic mass is 79.9. The second kappa shape index (κ2) is 6.44. The van der Waals surface area contributed by atoms with Crippen LogP contribution in [0.2, 0.25) is 0 Å². The molecule has 2 aromatic rings. The van der Waals surface area contributed by atoms with E-state index in [0.29, 0.717) is 11.7 Å². The van der Waals surface area contributed by atoms with E-state index in [-0.39, 0.29) is 6.42 Å². The van der Waals surface area contributed by atoms with Gasteiger partial charge in [-0.1, -0.05) is 0 Å². The van der Waals surface area contributed by atoms with Gasteiger partial charge in [0.2, 0.25) is 0 Å². The summed E-state index contributed by atoms with van der Waals surface area (Å²) < 4.78 is 0.878. The number of aromatic nitrogens is 4. The smallest absolute Gasteiger partial charge is 0.146 e. The minimum Gasteiger partial charge on any atom is -0.356 e. The van der Waals surface area contributed by atoms with Crippen molar-refractivity contribution in [3.63, 3.8) is 0 Å². The molecule has 1 N–H and O–H groups in total. The van der Waals surface area contributed by atoms with Gasteiger partial charge in [0.1, 0.15) is 11.6 Å². The third kappa shape index (κ3) is 2.97. The number of nitriles is 1. The van der Waals surface area contributed by atoms with Gasteiger partial charge in [-0.05, 0) is 35.7 Å². The van der Waals surface area contributed by atoms with Gasteiger partial charge in [0, 0.05) is 30.9 Å². The van der Waals surface area contributed by atoms with Crippen molar-refractivity contribution in [3.8, 4) is 6.07 Å². The maximum Gasteiger partial charge on any atom is 0.146 e. The molecule has 0 radical (unpaired) electrons. The Hall–Kier alpha value is -1.94. The quantitative estimate of drug-likeness (QED) is 0.909. The zero-order valence-electron chi connectivity index (χ0n) is 12.4. The summed E-state index contributed by atoms with van der Waals surface area (Å²) in [6, 6.07) is 2.09. The van der Waals surface area contributed by atoms with Crippen molar-refractivity contribution < 1.29 is 0 Å². The number of nitrogens with zero attached hydrogens (tertiary/aromatic N) is 5. The average molecular weight is 361 g/mol. The fraction of sp³-hybridized carbons (Fsp3) is 0.467. The van der Waals surface area contributed by atoms with Crippen molar-refractivity contribution in [1.29, 1.82) is 5.26 Å². The van der Waals surface area contributed by atoms with Gasteiger partial charge in [0.05, 0.1) is 29.0 Å². The molecule has 1 fully saturated rings. The molecule has 0 amide bonds. The summed E-state index contributed by atoms with van der Waals surface area (Å²) in [6.07, 6.45) is 5.85. The number of nitrogens with one attached hydrogen (secondary N) is 1.